The normalized spacial score (nSPS) is 45.0. The molecule has 54 valence electrons. The van der Waals surface area contributed by atoms with Gasteiger partial charge < -0.3 is 10.6 Å². The molecule has 1 aliphatic heterocycles. The van der Waals surface area contributed by atoms with Gasteiger partial charge in [0.05, 0.1) is 13.1 Å². The maximum atomic E-state index is 5.90. The monoisotopic (exact) mass is 128 g/mol. The van der Waals surface area contributed by atoms with E-state index >= 15 is 0 Å². The molecule has 9 heavy (non-hydrogen) atoms. The van der Waals surface area contributed by atoms with Gasteiger partial charge in [-0.25, -0.2) is 0 Å². The third-order valence-electron chi connectivity index (χ3n) is 2.10. The van der Waals surface area contributed by atoms with Crippen LogP contribution in [0, 0.1) is 7.05 Å². The fourth-order valence-electron chi connectivity index (χ4n) is 1.17. The van der Waals surface area contributed by atoms with Crippen LogP contribution in [0.2, 0.25) is 0 Å². The first kappa shape index (κ1) is 7.03. The summed E-state index contributed by atoms with van der Waals surface area (Å²) < 4.78 is 0. The van der Waals surface area contributed by atoms with Crippen molar-refractivity contribution in [2.45, 2.75) is 25.3 Å². The number of quaternary nitrogens is 1. The lowest BCUT2D eigenvalue weighted by Crippen LogP contribution is -3.08. The summed E-state index contributed by atoms with van der Waals surface area (Å²) in [6.07, 6.45) is 2.23. The van der Waals surface area contributed by atoms with Crippen LogP contribution in [0.3, 0.4) is 0 Å². The Morgan fingerprint density at radius 3 is 2.22 bits per heavy atom. The fourth-order valence-corrected chi connectivity index (χ4v) is 1.17. The van der Waals surface area contributed by atoms with Gasteiger partial charge in [-0.05, 0) is 6.92 Å². The van der Waals surface area contributed by atoms with E-state index in [-0.39, 0.29) is 5.54 Å². The predicted molar refractivity (Wildman–Crippen MR) is 37.9 cm³/mol. The Bertz CT molecular complexity index is 89.1. The number of piperidine rings is 1. The van der Waals surface area contributed by atoms with Gasteiger partial charge >= 0.3 is 0 Å². The zero-order chi connectivity index (χ0) is 6.91. The minimum absolute atomic E-state index is 0.0984. The molecule has 0 aromatic heterocycles. The SMILES string of the molecule is [CH2-][NH+]1CCC(C)(N)CC1. The number of hydrogen-bond donors (Lipinski definition) is 2. The van der Waals surface area contributed by atoms with Crippen LogP contribution in [0.4, 0.5) is 0 Å². The van der Waals surface area contributed by atoms with E-state index in [0.717, 1.165) is 25.9 Å². The van der Waals surface area contributed by atoms with E-state index in [9.17, 15) is 0 Å². The molecular formula is C7H16N2. The summed E-state index contributed by atoms with van der Waals surface area (Å²) in [7, 11) is 3.92. The lowest BCUT2D eigenvalue weighted by atomic mass is 9.91. The van der Waals surface area contributed by atoms with Gasteiger partial charge in [0.15, 0.2) is 0 Å². The first-order chi connectivity index (χ1) is 4.10. The first-order valence-electron chi connectivity index (χ1n) is 3.56. The van der Waals surface area contributed by atoms with Crippen molar-refractivity contribution in [1.29, 1.82) is 0 Å². The molecule has 0 saturated carbocycles. The van der Waals surface area contributed by atoms with Crippen LogP contribution >= 0.6 is 0 Å². The molecule has 2 nitrogen and oxygen atoms in total. The molecule has 1 fully saturated rings. The highest BCUT2D eigenvalue weighted by atomic mass is 15.1. The standard InChI is InChI=1S/C7H16N2/c1-7(8)3-5-9(2)6-4-7/h9H,2-6,8H2,1H3. The minimum atomic E-state index is 0.0984. The highest BCUT2D eigenvalue weighted by molar-refractivity contribution is 4.79. The van der Waals surface area contributed by atoms with Crippen molar-refractivity contribution in [3.63, 3.8) is 0 Å². The molecule has 0 spiro atoms. The third kappa shape index (κ3) is 1.95. The molecule has 1 saturated heterocycles. The zero-order valence-corrected chi connectivity index (χ0v) is 6.11. The van der Waals surface area contributed by atoms with Crippen molar-refractivity contribution >= 4 is 0 Å². The van der Waals surface area contributed by atoms with E-state index in [1.807, 2.05) is 0 Å². The molecular weight excluding hydrogens is 112 g/mol. The largest absolute Gasteiger partial charge is 0.468 e. The van der Waals surface area contributed by atoms with Crippen molar-refractivity contribution < 1.29 is 4.90 Å². The van der Waals surface area contributed by atoms with Crippen LogP contribution < -0.4 is 10.6 Å². The third-order valence-corrected chi connectivity index (χ3v) is 2.10. The molecule has 2 heteroatoms. The maximum Gasteiger partial charge on any atom is 0.0548 e. The van der Waals surface area contributed by atoms with Gasteiger partial charge in [0, 0.05) is 18.4 Å². The number of likely N-dealkylation sites (tertiary alicyclic amines) is 1. The summed E-state index contributed by atoms with van der Waals surface area (Å²) >= 11 is 0. The lowest BCUT2D eigenvalue weighted by molar-refractivity contribution is -0.860. The molecule has 0 bridgehead atoms. The topological polar surface area (TPSA) is 30.5 Å². The molecule has 0 aromatic rings. The second kappa shape index (κ2) is 2.27. The van der Waals surface area contributed by atoms with E-state index in [0.29, 0.717) is 0 Å². The van der Waals surface area contributed by atoms with Gasteiger partial charge in [-0.1, -0.05) is 0 Å². The number of hydrogen-bond acceptors (Lipinski definition) is 1. The number of nitrogens with two attached hydrogens (primary N) is 1. The maximum absolute atomic E-state index is 5.90. The Morgan fingerprint density at radius 1 is 1.44 bits per heavy atom. The number of nitrogens with one attached hydrogen (secondary N) is 1. The highest BCUT2D eigenvalue weighted by Gasteiger charge is 2.24. The van der Waals surface area contributed by atoms with Crippen molar-refractivity contribution in [3.05, 3.63) is 7.05 Å². The highest BCUT2D eigenvalue weighted by Crippen LogP contribution is 2.09. The Labute approximate surface area is 57.0 Å². The fraction of sp³-hybridized carbons (Fsp3) is 0.857. The summed E-state index contributed by atoms with van der Waals surface area (Å²) in [5, 5.41) is 0. The average molecular weight is 128 g/mol. The van der Waals surface area contributed by atoms with Crippen molar-refractivity contribution in [1.82, 2.24) is 0 Å². The second-order valence-corrected chi connectivity index (χ2v) is 3.40. The van der Waals surface area contributed by atoms with Gasteiger partial charge in [0.1, 0.15) is 0 Å². The second-order valence-electron chi connectivity index (χ2n) is 3.40. The van der Waals surface area contributed by atoms with Crippen molar-refractivity contribution in [2.75, 3.05) is 13.1 Å². The van der Waals surface area contributed by atoms with E-state index in [2.05, 4.69) is 14.0 Å². The first-order valence-corrected chi connectivity index (χ1v) is 3.56. The molecule has 1 aliphatic rings. The van der Waals surface area contributed by atoms with E-state index in [4.69, 9.17) is 5.73 Å². The van der Waals surface area contributed by atoms with Gasteiger partial charge in [0.2, 0.25) is 0 Å². The molecule has 0 radical (unpaired) electrons. The lowest BCUT2D eigenvalue weighted by Gasteiger charge is -2.35. The van der Waals surface area contributed by atoms with Crippen LogP contribution in [0.25, 0.3) is 0 Å². The summed E-state index contributed by atoms with van der Waals surface area (Å²) in [6, 6.07) is 0. The average Bonchev–Trinajstić information content (AvgIpc) is 1.78. The minimum Gasteiger partial charge on any atom is -0.468 e. The van der Waals surface area contributed by atoms with Crippen molar-refractivity contribution in [3.8, 4) is 0 Å². The summed E-state index contributed by atoms with van der Waals surface area (Å²) in [4.78, 5) is 1.37. The molecule has 1 rings (SSSR count). The molecule has 0 amide bonds. The Kier molecular flexibility index (Phi) is 1.78. The molecule has 0 aliphatic carbocycles. The van der Waals surface area contributed by atoms with Crippen LogP contribution in [0.1, 0.15) is 19.8 Å². The van der Waals surface area contributed by atoms with Crippen LogP contribution in [-0.2, 0) is 0 Å². The van der Waals surface area contributed by atoms with E-state index in [1.165, 1.54) is 4.90 Å². The van der Waals surface area contributed by atoms with E-state index in [1.54, 1.807) is 0 Å². The molecule has 0 unspecified atom stereocenters. The van der Waals surface area contributed by atoms with Crippen molar-refractivity contribution in [2.24, 2.45) is 5.73 Å². The summed E-state index contributed by atoms with van der Waals surface area (Å²) in [5.41, 5.74) is 6.00. The Balaban J connectivity index is 2.35. The quantitative estimate of drug-likeness (QED) is 0.410. The number of rotatable bonds is 0. The van der Waals surface area contributed by atoms with Crippen LogP contribution in [0.15, 0.2) is 0 Å². The molecule has 1 heterocycles. The van der Waals surface area contributed by atoms with Gasteiger partial charge in [-0.2, -0.15) is 7.05 Å². The Morgan fingerprint density at radius 2 is 1.89 bits per heavy atom. The smallest absolute Gasteiger partial charge is 0.0548 e. The summed E-state index contributed by atoms with van der Waals surface area (Å²) in [5.74, 6) is 0. The molecule has 3 N–H and O–H groups in total. The molecule has 0 aromatic carbocycles. The van der Waals surface area contributed by atoms with E-state index < -0.39 is 0 Å². The van der Waals surface area contributed by atoms with Gasteiger partial charge in [0.25, 0.3) is 0 Å². The van der Waals surface area contributed by atoms with Gasteiger partial charge in [-0.3, -0.25) is 0 Å². The summed E-state index contributed by atoms with van der Waals surface area (Å²) in [6.45, 7) is 4.39. The van der Waals surface area contributed by atoms with Crippen LogP contribution in [-0.4, -0.2) is 18.6 Å². The van der Waals surface area contributed by atoms with Gasteiger partial charge in [-0.15, -0.1) is 0 Å². The zero-order valence-electron chi connectivity index (χ0n) is 6.11. The predicted octanol–water partition coefficient (Wildman–Crippen LogP) is -0.826. The van der Waals surface area contributed by atoms with Crippen LogP contribution in [0.5, 0.6) is 0 Å². The Hall–Kier alpha value is -0.0800. The molecule has 0 atom stereocenters.